The van der Waals surface area contributed by atoms with Crippen LogP contribution in [-0.4, -0.2) is 57.9 Å². The van der Waals surface area contributed by atoms with E-state index in [4.69, 9.17) is 9.47 Å². The van der Waals surface area contributed by atoms with Crippen LogP contribution in [0.4, 0.5) is 0 Å². The van der Waals surface area contributed by atoms with Crippen LogP contribution in [0.15, 0.2) is 61.1 Å². The number of carbonyl (C=O) groups excluding carboxylic acids is 2. The van der Waals surface area contributed by atoms with Gasteiger partial charge in [0.25, 0.3) is 0 Å². The average Bonchev–Trinajstić information content (AvgIpc) is 3.87. The van der Waals surface area contributed by atoms with Crippen LogP contribution in [-0.2, 0) is 0 Å². The normalized spacial score (nSPS) is 19.1. The highest BCUT2D eigenvalue weighted by atomic mass is 16.5. The quantitative estimate of drug-likeness (QED) is 0.217. The van der Waals surface area contributed by atoms with Crippen LogP contribution >= 0.6 is 0 Å². The lowest BCUT2D eigenvalue weighted by molar-refractivity contribution is -0.0138. The number of ether oxygens (including phenoxy) is 2. The van der Waals surface area contributed by atoms with Crippen LogP contribution < -0.4 is 14.8 Å². The van der Waals surface area contributed by atoms with Crippen molar-refractivity contribution in [2.45, 2.75) is 44.1 Å². The molecule has 4 heterocycles. The zero-order chi connectivity index (χ0) is 29.7. The van der Waals surface area contributed by atoms with E-state index in [1.807, 2.05) is 19.1 Å². The zero-order valence-electron chi connectivity index (χ0n) is 23.8. The first-order valence-electron chi connectivity index (χ1n) is 14.7. The zero-order valence-corrected chi connectivity index (χ0v) is 23.8. The van der Waals surface area contributed by atoms with Crippen LogP contribution in [0.3, 0.4) is 0 Å². The number of fused-ring (bicyclic) bond motifs is 2. The van der Waals surface area contributed by atoms with Gasteiger partial charge in [-0.15, -0.1) is 0 Å². The maximum atomic E-state index is 14.6. The van der Waals surface area contributed by atoms with Crippen molar-refractivity contribution in [1.82, 2.24) is 15.3 Å². The van der Waals surface area contributed by atoms with Gasteiger partial charge in [-0.25, -0.2) is 4.79 Å². The summed E-state index contributed by atoms with van der Waals surface area (Å²) >= 11 is 0. The Labute approximate surface area is 248 Å². The highest BCUT2D eigenvalue weighted by molar-refractivity contribution is 6.20. The largest absolute Gasteiger partial charge is 0.493 e. The van der Waals surface area contributed by atoms with Crippen molar-refractivity contribution in [1.29, 1.82) is 0 Å². The predicted molar refractivity (Wildman–Crippen MR) is 159 cm³/mol. The van der Waals surface area contributed by atoms with Crippen LogP contribution in [0.1, 0.15) is 75.3 Å². The highest BCUT2D eigenvalue weighted by Crippen LogP contribution is 2.46. The molecule has 1 spiro atoms. The van der Waals surface area contributed by atoms with Gasteiger partial charge in [-0.05, 0) is 74.8 Å². The van der Waals surface area contributed by atoms with E-state index in [1.165, 1.54) is 12.3 Å². The molecule has 218 valence electrons. The molecule has 9 heteroatoms. The SMILES string of the molecule is CCOc1cc(C(=O)[C@@H]2C(=O)c3cc(-c4cncc(C(=O)O)c4)ccc3OC23CCNCC3)cc2c(C3CC3)nccc12. The lowest BCUT2D eigenvalue weighted by Crippen LogP contribution is -2.58. The summed E-state index contributed by atoms with van der Waals surface area (Å²) in [5, 5.41) is 14.6. The van der Waals surface area contributed by atoms with Gasteiger partial charge >= 0.3 is 5.97 Å². The minimum atomic E-state index is -1.09. The molecule has 2 aromatic carbocycles. The molecule has 0 amide bonds. The number of nitrogens with zero attached hydrogens (tertiary/aromatic N) is 2. The van der Waals surface area contributed by atoms with Gasteiger partial charge in [-0.3, -0.25) is 19.6 Å². The molecule has 4 aromatic rings. The third-order valence-corrected chi connectivity index (χ3v) is 8.80. The standard InChI is InChI=1S/C34H31N3O6/c1-2-42-28-16-21(15-25-24(28)7-10-37-30(25)19-3-4-19)31(38)29-32(39)26-14-20(22-13-23(33(40)41)18-36-17-22)5-6-27(26)43-34(29)8-11-35-12-9-34/h5-7,10,13-19,29,35H,2-4,8-9,11-12H2,1H3,(H,40,41)/t29-/m1/s1. The van der Waals surface area contributed by atoms with E-state index in [2.05, 4.69) is 15.3 Å². The first kappa shape index (κ1) is 27.2. The number of piperidine rings is 1. The molecule has 9 nitrogen and oxygen atoms in total. The lowest BCUT2D eigenvalue weighted by atomic mass is 9.70. The maximum absolute atomic E-state index is 14.6. The van der Waals surface area contributed by atoms with E-state index >= 15 is 0 Å². The molecule has 0 unspecified atom stereocenters. The first-order valence-corrected chi connectivity index (χ1v) is 14.7. The summed E-state index contributed by atoms with van der Waals surface area (Å²) in [6.45, 7) is 3.58. The fourth-order valence-corrected chi connectivity index (χ4v) is 6.51. The molecule has 0 radical (unpaired) electrons. The van der Waals surface area contributed by atoms with Crippen molar-refractivity contribution in [3.05, 3.63) is 83.4 Å². The van der Waals surface area contributed by atoms with Gasteiger partial charge in [-0.1, -0.05) is 6.07 Å². The fraction of sp³-hybridized carbons (Fsp3) is 0.324. The highest BCUT2D eigenvalue weighted by Gasteiger charge is 2.54. The Hall–Kier alpha value is -4.63. The summed E-state index contributed by atoms with van der Waals surface area (Å²) in [6.07, 6.45) is 7.74. The van der Waals surface area contributed by atoms with E-state index in [1.54, 1.807) is 36.7 Å². The number of benzene rings is 2. The summed E-state index contributed by atoms with van der Waals surface area (Å²) in [7, 11) is 0. The third-order valence-electron chi connectivity index (χ3n) is 8.80. The smallest absolute Gasteiger partial charge is 0.337 e. The van der Waals surface area contributed by atoms with E-state index < -0.39 is 17.5 Å². The van der Waals surface area contributed by atoms with E-state index in [-0.39, 0.29) is 17.1 Å². The number of hydrogen-bond acceptors (Lipinski definition) is 8. The predicted octanol–water partition coefficient (Wildman–Crippen LogP) is 5.47. The summed E-state index contributed by atoms with van der Waals surface area (Å²) in [5.41, 5.74) is 1.88. The molecule has 2 N–H and O–H groups in total. The van der Waals surface area contributed by atoms with Gasteiger partial charge in [0.05, 0.1) is 23.4 Å². The number of carboxylic acid groups (broad SMARTS) is 1. The molecule has 43 heavy (non-hydrogen) atoms. The molecule has 2 fully saturated rings. The van der Waals surface area contributed by atoms with E-state index in [9.17, 15) is 19.5 Å². The molecule has 3 aliphatic rings. The molecular formula is C34H31N3O6. The Balaban J connectivity index is 1.34. The summed E-state index contributed by atoms with van der Waals surface area (Å²) < 4.78 is 12.7. The number of Topliss-reactive ketones (excluding diaryl/α,β-unsaturated/α-hetero) is 2. The van der Waals surface area contributed by atoms with Crippen molar-refractivity contribution in [2.24, 2.45) is 5.92 Å². The van der Waals surface area contributed by atoms with Gasteiger partial charge < -0.3 is 19.9 Å². The number of aromatic carboxylic acids is 1. The first-order chi connectivity index (χ1) is 20.9. The average molecular weight is 578 g/mol. The molecular weight excluding hydrogens is 546 g/mol. The summed E-state index contributed by atoms with van der Waals surface area (Å²) in [5.74, 6) is -1.37. The maximum Gasteiger partial charge on any atom is 0.337 e. The molecule has 7 rings (SSSR count). The molecule has 1 saturated heterocycles. The van der Waals surface area contributed by atoms with Crippen molar-refractivity contribution in [3.63, 3.8) is 0 Å². The van der Waals surface area contributed by atoms with Crippen LogP contribution in [0.25, 0.3) is 21.9 Å². The van der Waals surface area contributed by atoms with Crippen LogP contribution in [0.5, 0.6) is 11.5 Å². The Bertz CT molecular complexity index is 1790. The number of pyridine rings is 2. The molecule has 2 aliphatic heterocycles. The monoisotopic (exact) mass is 577 g/mol. The van der Waals surface area contributed by atoms with E-state index in [0.717, 1.165) is 29.3 Å². The van der Waals surface area contributed by atoms with Crippen molar-refractivity contribution < 1.29 is 29.0 Å². The van der Waals surface area contributed by atoms with Crippen molar-refractivity contribution in [2.75, 3.05) is 19.7 Å². The molecule has 0 bridgehead atoms. The molecule has 1 atom stereocenters. The Morgan fingerprint density at radius 3 is 2.58 bits per heavy atom. The Morgan fingerprint density at radius 2 is 1.84 bits per heavy atom. The van der Waals surface area contributed by atoms with Gasteiger partial charge in [0.1, 0.15) is 23.0 Å². The third kappa shape index (κ3) is 4.73. The number of aromatic nitrogens is 2. The molecule has 1 aliphatic carbocycles. The minimum Gasteiger partial charge on any atom is -0.493 e. The number of nitrogens with one attached hydrogen (secondary N) is 1. The van der Waals surface area contributed by atoms with Gasteiger partial charge in [0.2, 0.25) is 0 Å². The van der Waals surface area contributed by atoms with Crippen molar-refractivity contribution >= 4 is 28.3 Å². The summed E-state index contributed by atoms with van der Waals surface area (Å²) in [4.78, 5) is 49.3. The molecule has 1 saturated carbocycles. The fourth-order valence-electron chi connectivity index (χ4n) is 6.51. The second kappa shape index (κ2) is 10.6. The number of carboxylic acids is 1. The van der Waals surface area contributed by atoms with Crippen molar-refractivity contribution in [3.8, 4) is 22.6 Å². The topological polar surface area (TPSA) is 128 Å². The van der Waals surface area contributed by atoms with Gasteiger partial charge in [-0.2, -0.15) is 0 Å². The van der Waals surface area contributed by atoms with Gasteiger partial charge in [0.15, 0.2) is 11.6 Å². The number of ketones is 2. The minimum absolute atomic E-state index is 0.0426. The number of rotatable bonds is 7. The number of hydrogen-bond donors (Lipinski definition) is 2. The molecule has 2 aromatic heterocycles. The second-order valence-electron chi connectivity index (χ2n) is 11.5. The number of carbonyl (C=O) groups is 3. The Morgan fingerprint density at radius 1 is 1.02 bits per heavy atom. The second-order valence-corrected chi connectivity index (χ2v) is 11.5. The summed E-state index contributed by atoms with van der Waals surface area (Å²) in [6, 6.07) is 12.2. The van der Waals surface area contributed by atoms with E-state index in [0.29, 0.717) is 72.2 Å². The van der Waals surface area contributed by atoms with Crippen LogP contribution in [0.2, 0.25) is 0 Å². The van der Waals surface area contributed by atoms with Gasteiger partial charge in [0, 0.05) is 59.2 Å². The lowest BCUT2D eigenvalue weighted by Gasteiger charge is -2.45. The Kier molecular flexibility index (Phi) is 6.69. The van der Waals surface area contributed by atoms with Crippen LogP contribution in [0, 0.1) is 5.92 Å².